The molecule has 0 heterocycles. The highest BCUT2D eigenvalue weighted by Gasteiger charge is 2.02. The van der Waals surface area contributed by atoms with Crippen LogP contribution >= 0.6 is 0 Å². The van der Waals surface area contributed by atoms with Crippen LogP contribution in [0.5, 0.6) is 0 Å². The number of aliphatic hydroxyl groups excluding tert-OH is 1. The molecule has 0 aliphatic heterocycles. The van der Waals surface area contributed by atoms with E-state index in [0.29, 0.717) is 12.8 Å². The minimum absolute atomic E-state index is 0.313. The molecule has 1 atom stereocenters. The van der Waals surface area contributed by atoms with Crippen LogP contribution in [0.25, 0.3) is 6.08 Å². The Morgan fingerprint density at radius 2 is 1.50 bits per heavy atom. The summed E-state index contributed by atoms with van der Waals surface area (Å²) in [5, 5.41) is 9.93. The van der Waals surface area contributed by atoms with Gasteiger partial charge in [-0.25, -0.2) is 0 Å². The predicted molar refractivity (Wildman–Crippen MR) is 76.2 cm³/mol. The van der Waals surface area contributed by atoms with Crippen molar-refractivity contribution in [3.8, 4) is 0 Å². The Bertz CT molecular complexity index is 473. The highest BCUT2D eigenvalue weighted by molar-refractivity contribution is 5.48. The van der Waals surface area contributed by atoms with Gasteiger partial charge in [0, 0.05) is 0 Å². The molecule has 0 fully saturated rings. The molecule has 0 aromatic heterocycles. The van der Waals surface area contributed by atoms with Crippen molar-refractivity contribution in [1.82, 2.24) is 0 Å². The van der Waals surface area contributed by atoms with E-state index in [4.69, 9.17) is 0 Å². The van der Waals surface area contributed by atoms with Gasteiger partial charge < -0.3 is 5.11 Å². The lowest BCUT2D eigenvalue weighted by Crippen LogP contribution is -2.08. The Kier molecular flexibility index (Phi) is 4.74. The second kappa shape index (κ2) is 6.77. The third-order valence-corrected chi connectivity index (χ3v) is 2.83. The molecule has 0 spiro atoms. The van der Waals surface area contributed by atoms with Gasteiger partial charge in [0.1, 0.15) is 0 Å². The molecule has 2 rings (SSSR count). The summed E-state index contributed by atoms with van der Waals surface area (Å²) in [6, 6.07) is 20.2. The summed E-state index contributed by atoms with van der Waals surface area (Å²) in [7, 11) is 0. The van der Waals surface area contributed by atoms with E-state index in [9.17, 15) is 5.11 Å². The average Bonchev–Trinajstić information content (AvgIpc) is 2.41. The second-order valence-electron chi connectivity index (χ2n) is 4.39. The third-order valence-electron chi connectivity index (χ3n) is 2.83. The van der Waals surface area contributed by atoms with E-state index in [-0.39, 0.29) is 6.10 Å². The Balaban J connectivity index is 1.82. The molecule has 0 radical (unpaired) electrons. The van der Waals surface area contributed by atoms with Crippen LogP contribution in [-0.2, 0) is 6.42 Å². The molecule has 0 bridgehead atoms. The van der Waals surface area contributed by atoms with E-state index in [1.54, 1.807) is 0 Å². The van der Waals surface area contributed by atoms with Crippen molar-refractivity contribution in [2.24, 2.45) is 0 Å². The largest absolute Gasteiger partial charge is 0.392 e. The molecule has 2 aromatic rings. The molecule has 2 aromatic carbocycles. The van der Waals surface area contributed by atoms with Gasteiger partial charge in [-0.3, -0.25) is 0 Å². The van der Waals surface area contributed by atoms with Crippen molar-refractivity contribution in [2.75, 3.05) is 0 Å². The van der Waals surface area contributed by atoms with Crippen molar-refractivity contribution in [2.45, 2.75) is 18.9 Å². The van der Waals surface area contributed by atoms with Gasteiger partial charge in [-0.1, -0.05) is 72.8 Å². The number of benzene rings is 2. The molecule has 0 aliphatic carbocycles. The monoisotopic (exact) mass is 238 g/mol. The van der Waals surface area contributed by atoms with Crippen LogP contribution < -0.4 is 0 Å². The van der Waals surface area contributed by atoms with Gasteiger partial charge in [-0.15, -0.1) is 0 Å². The molecular weight excluding hydrogens is 220 g/mol. The summed E-state index contributed by atoms with van der Waals surface area (Å²) in [5.74, 6) is 0. The SMILES string of the molecule is OC(CC=Cc1ccccc1)Cc1ccccc1. The first-order valence-corrected chi connectivity index (χ1v) is 6.28. The fourth-order valence-corrected chi connectivity index (χ4v) is 1.89. The summed E-state index contributed by atoms with van der Waals surface area (Å²) in [4.78, 5) is 0. The lowest BCUT2D eigenvalue weighted by Gasteiger charge is -2.07. The molecule has 0 saturated heterocycles. The van der Waals surface area contributed by atoms with Gasteiger partial charge >= 0.3 is 0 Å². The first-order valence-electron chi connectivity index (χ1n) is 6.28. The van der Waals surface area contributed by atoms with Crippen LogP contribution in [0.4, 0.5) is 0 Å². The van der Waals surface area contributed by atoms with Gasteiger partial charge in [-0.05, 0) is 24.0 Å². The molecule has 0 aliphatic rings. The first kappa shape index (κ1) is 12.6. The van der Waals surface area contributed by atoms with Crippen molar-refractivity contribution in [3.63, 3.8) is 0 Å². The van der Waals surface area contributed by atoms with Crippen molar-refractivity contribution >= 4 is 6.08 Å². The maximum atomic E-state index is 9.93. The van der Waals surface area contributed by atoms with E-state index in [1.165, 1.54) is 11.1 Å². The quantitative estimate of drug-likeness (QED) is 0.842. The van der Waals surface area contributed by atoms with E-state index in [2.05, 4.69) is 12.1 Å². The normalized spacial score (nSPS) is 12.7. The molecule has 1 N–H and O–H groups in total. The summed E-state index contributed by atoms with van der Waals surface area (Å²) in [6.45, 7) is 0. The van der Waals surface area contributed by atoms with Crippen LogP contribution in [0.1, 0.15) is 17.5 Å². The van der Waals surface area contributed by atoms with Crippen molar-refractivity contribution in [1.29, 1.82) is 0 Å². The van der Waals surface area contributed by atoms with Crippen LogP contribution in [0.3, 0.4) is 0 Å². The molecule has 18 heavy (non-hydrogen) atoms. The Morgan fingerprint density at radius 3 is 2.17 bits per heavy atom. The Hall–Kier alpha value is -1.86. The van der Waals surface area contributed by atoms with E-state index >= 15 is 0 Å². The van der Waals surface area contributed by atoms with Gasteiger partial charge in [-0.2, -0.15) is 0 Å². The highest BCUT2D eigenvalue weighted by atomic mass is 16.3. The zero-order valence-corrected chi connectivity index (χ0v) is 10.4. The maximum Gasteiger partial charge on any atom is 0.0615 e. The molecule has 0 saturated carbocycles. The van der Waals surface area contributed by atoms with E-state index < -0.39 is 0 Å². The highest BCUT2D eigenvalue weighted by Crippen LogP contribution is 2.08. The Labute approximate surface area is 108 Å². The predicted octanol–water partition coefficient (Wildman–Crippen LogP) is 3.69. The minimum Gasteiger partial charge on any atom is -0.392 e. The Morgan fingerprint density at radius 1 is 0.889 bits per heavy atom. The lowest BCUT2D eigenvalue weighted by atomic mass is 10.1. The molecule has 1 nitrogen and oxygen atoms in total. The summed E-state index contributed by atoms with van der Waals surface area (Å²) < 4.78 is 0. The zero-order chi connectivity index (χ0) is 12.6. The van der Waals surface area contributed by atoms with Crippen molar-refractivity contribution in [3.05, 3.63) is 77.9 Å². The standard InChI is InChI=1S/C17H18O/c18-17(14-16-10-5-2-6-11-16)13-7-12-15-8-3-1-4-9-15/h1-12,17-18H,13-14H2. The van der Waals surface area contributed by atoms with Crippen LogP contribution in [0.2, 0.25) is 0 Å². The molecule has 0 amide bonds. The molecular formula is C17H18O. The van der Waals surface area contributed by atoms with Gasteiger partial charge in [0.2, 0.25) is 0 Å². The smallest absolute Gasteiger partial charge is 0.0615 e. The summed E-state index contributed by atoms with van der Waals surface area (Å²) in [6.07, 6.45) is 5.16. The van der Waals surface area contributed by atoms with Crippen molar-refractivity contribution < 1.29 is 5.11 Å². The number of hydrogen-bond acceptors (Lipinski definition) is 1. The number of rotatable bonds is 5. The van der Waals surface area contributed by atoms with Gasteiger partial charge in [0.25, 0.3) is 0 Å². The lowest BCUT2D eigenvalue weighted by molar-refractivity contribution is 0.178. The molecule has 1 heteroatoms. The fraction of sp³-hybridized carbons (Fsp3) is 0.176. The zero-order valence-electron chi connectivity index (χ0n) is 10.4. The number of aliphatic hydroxyl groups is 1. The summed E-state index contributed by atoms with van der Waals surface area (Å²) in [5.41, 5.74) is 2.35. The topological polar surface area (TPSA) is 20.2 Å². The van der Waals surface area contributed by atoms with E-state index in [0.717, 1.165) is 0 Å². The average molecular weight is 238 g/mol. The first-order chi connectivity index (χ1) is 8.84. The van der Waals surface area contributed by atoms with Crippen LogP contribution in [0, 0.1) is 0 Å². The van der Waals surface area contributed by atoms with E-state index in [1.807, 2.05) is 60.7 Å². The van der Waals surface area contributed by atoms with Gasteiger partial charge in [0.05, 0.1) is 6.10 Å². The minimum atomic E-state index is -0.313. The van der Waals surface area contributed by atoms with Crippen LogP contribution in [-0.4, -0.2) is 11.2 Å². The fourth-order valence-electron chi connectivity index (χ4n) is 1.89. The third kappa shape index (κ3) is 4.19. The molecule has 1 unspecified atom stereocenters. The molecule has 92 valence electrons. The second-order valence-corrected chi connectivity index (χ2v) is 4.39. The summed E-state index contributed by atoms with van der Waals surface area (Å²) >= 11 is 0. The van der Waals surface area contributed by atoms with Crippen LogP contribution in [0.15, 0.2) is 66.7 Å². The maximum absolute atomic E-state index is 9.93. The van der Waals surface area contributed by atoms with Gasteiger partial charge in [0.15, 0.2) is 0 Å². The number of hydrogen-bond donors (Lipinski definition) is 1.